The first-order valence-electron chi connectivity index (χ1n) is 9.81. The van der Waals surface area contributed by atoms with Crippen LogP contribution in [-0.2, 0) is 6.54 Å². The number of likely N-dealkylation sites (tertiary alicyclic amines) is 1. The van der Waals surface area contributed by atoms with Crippen LogP contribution in [0.2, 0.25) is 5.02 Å². The summed E-state index contributed by atoms with van der Waals surface area (Å²) in [6, 6.07) is 17.7. The zero-order valence-electron chi connectivity index (χ0n) is 16.0. The lowest BCUT2D eigenvalue weighted by atomic mass is 9.88. The van der Waals surface area contributed by atoms with Crippen molar-refractivity contribution >= 4 is 17.4 Å². The quantitative estimate of drug-likeness (QED) is 0.512. The van der Waals surface area contributed by atoms with Gasteiger partial charge in [0.15, 0.2) is 5.78 Å². The molecule has 148 valence electrons. The van der Waals surface area contributed by atoms with E-state index in [2.05, 4.69) is 16.0 Å². The number of nitrogens with zero attached hydrogens (tertiary/aromatic N) is 2. The van der Waals surface area contributed by atoms with Crippen LogP contribution >= 0.6 is 11.6 Å². The summed E-state index contributed by atoms with van der Waals surface area (Å²) in [5.74, 6) is -0.177. The lowest BCUT2D eigenvalue weighted by Crippen LogP contribution is -2.36. The van der Waals surface area contributed by atoms with E-state index in [9.17, 15) is 9.18 Å². The van der Waals surface area contributed by atoms with E-state index < -0.39 is 0 Å². The Kier molecular flexibility index (Phi) is 6.02. The van der Waals surface area contributed by atoms with Gasteiger partial charge in [-0.05, 0) is 80.0 Å². The molecule has 0 aliphatic carbocycles. The Hall–Kier alpha value is -2.56. The fourth-order valence-electron chi connectivity index (χ4n) is 3.81. The highest BCUT2D eigenvalue weighted by Gasteiger charge is 2.25. The number of halogens is 2. The van der Waals surface area contributed by atoms with Gasteiger partial charge in [0.1, 0.15) is 5.82 Å². The third kappa shape index (κ3) is 4.89. The van der Waals surface area contributed by atoms with E-state index in [0.29, 0.717) is 10.6 Å². The van der Waals surface area contributed by atoms with E-state index in [4.69, 9.17) is 11.6 Å². The highest BCUT2D eigenvalue weighted by atomic mass is 35.5. The van der Waals surface area contributed by atoms with Crippen molar-refractivity contribution < 1.29 is 9.18 Å². The number of ketones is 1. The van der Waals surface area contributed by atoms with Crippen LogP contribution in [0.15, 0.2) is 66.9 Å². The maximum Gasteiger partial charge on any atom is 0.166 e. The lowest BCUT2D eigenvalue weighted by molar-refractivity contribution is 0.0835. The van der Waals surface area contributed by atoms with Crippen LogP contribution < -0.4 is 0 Å². The van der Waals surface area contributed by atoms with E-state index in [-0.39, 0.29) is 17.5 Å². The first-order valence-corrected chi connectivity index (χ1v) is 10.2. The number of benzene rings is 2. The van der Waals surface area contributed by atoms with Crippen LogP contribution in [0.1, 0.15) is 28.8 Å². The van der Waals surface area contributed by atoms with Gasteiger partial charge in [-0.1, -0.05) is 23.7 Å². The van der Waals surface area contributed by atoms with Gasteiger partial charge < -0.3 is 0 Å². The molecule has 29 heavy (non-hydrogen) atoms. The number of carbonyl (C=O) groups is 1. The average Bonchev–Trinajstić information content (AvgIpc) is 2.75. The van der Waals surface area contributed by atoms with Crippen LogP contribution in [0.25, 0.3) is 11.3 Å². The number of rotatable bonds is 5. The predicted molar refractivity (Wildman–Crippen MR) is 113 cm³/mol. The minimum absolute atomic E-state index is 0.0128. The van der Waals surface area contributed by atoms with Crippen LogP contribution in [0.3, 0.4) is 0 Å². The summed E-state index contributed by atoms with van der Waals surface area (Å²) in [5.41, 5.74) is 3.78. The number of hydrogen-bond acceptors (Lipinski definition) is 3. The molecule has 5 heteroatoms. The Labute approximate surface area is 175 Å². The molecule has 0 radical (unpaired) electrons. The van der Waals surface area contributed by atoms with Crippen molar-refractivity contribution in [3.63, 3.8) is 0 Å². The molecule has 1 saturated heterocycles. The van der Waals surface area contributed by atoms with Crippen LogP contribution in [0, 0.1) is 11.7 Å². The predicted octanol–water partition coefficient (Wildman–Crippen LogP) is 5.64. The van der Waals surface area contributed by atoms with Gasteiger partial charge in [-0.2, -0.15) is 0 Å². The summed E-state index contributed by atoms with van der Waals surface area (Å²) in [5, 5.41) is 0.711. The Morgan fingerprint density at radius 1 is 1.03 bits per heavy atom. The highest BCUT2D eigenvalue weighted by Crippen LogP contribution is 2.25. The minimum atomic E-state index is -0.313. The van der Waals surface area contributed by atoms with Crippen molar-refractivity contribution in [1.82, 2.24) is 9.88 Å². The fourth-order valence-corrected chi connectivity index (χ4v) is 3.94. The van der Waals surface area contributed by atoms with E-state index in [1.165, 1.54) is 17.7 Å². The van der Waals surface area contributed by atoms with Crippen molar-refractivity contribution in [2.45, 2.75) is 19.4 Å². The molecule has 0 atom stereocenters. The molecule has 1 aliphatic heterocycles. The average molecular weight is 409 g/mol. The summed E-state index contributed by atoms with van der Waals surface area (Å²) >= 11 is 5.97. The smallest absolute Gasteiger partial charge is 0.166 e. The van der Waals surface area contributed by atoms with Crippen LogP contribution in [0.4, 0.5) is 4.39 Å². The third-order valence-electron chi connectivity index (χ3n) is 5.46. The summed E-state index contributed by atoms with van der Waals surface area (Å²) in [4.78, 5) is 19.5. The van der Waals surface area contributed by atoms with Crippen molar-refractivity contribution in [2.24, 2.45) is 5.92 Å². The maximum absolute atomic E-state index is 13.1. The first-order chi connectivity index (χ1) is 14.1. The van der Waals surface area contributed by atoms with Crippen molar-refractivity contribution in [2.75, 3.05) is 13.1 Å². The standard InChI is InChI=1S/C24H22ClFN2O/c25-21-5-1-18(2-6-21)23-15-17(9-12-27-23)16-28-13-10-20(11-14-28)24(29)19-3-7-22(26)8-4-19/h1-9,12,15,20H,10-11,13-14,16H2. The van der Waals surface area contributed by atoms with E-state index in [1.807, 2.05) is 36.5 Å². The molecule has 3 nitrogen and oxygen atoms in total. The maximum atomic E-state index is 13.1. The SMILES string of the molecule is O=C(c1ccc(F)cc1)C1CCN(Cc2ccnc(-c3ccc(Cl)cc3)c2)CC1. The largest absolute Gasteiger partial charge is 0.299 e. The third-order valence-corrected chi connectivity index (χ3v) is 5.71. The summed E-state index contributed by atoms with van der Waals surface area (Å²) in [6.45, 7) is 2.58. The van der Waals surface area contributed by atoms with E-state index in [0.717, 1.165) is 43.7 Å². The molecule has 1 aromatic heterocycles. The lowest BCUT2D eigenvalue weighted by Gasteiger charge is -2.31. The molecule has 0 amide bonds. The van der Waals surface area contributed by atoms with Gasteiger partial charge in [0, 0.05) is 34.8 Å². The highest BCUT2D eigenvalue weighted by molar-refractivity contribution is 6.30. The molecule has 0 saturated carbocycles. The topological polar surface area (TPSA) is 33.2 Å². The summed E-state index contributed by atoms with van der Waals surface area (Å²) in [6.07, 6.45) is 3.49. The molecule has 4 rings (SSSR count). The number of carbonyl (C=O) groups excluding carboxylic acids is 1. The van der Waals surface area contributed by atoms with Crippen molar-refractivity contribution in [3.05, 3.63) is 88.8 Å². The second kappa shape index (κ2) is 8.85. The monoisotopic (exact) mass is 408 g/mol. The Morgan fingerprint density at radius 3 is 2.41 bits per heavy atom. The fraction of sp³-hybridized carbons (Fsp3) is 0.250. The molecular formula is C24H22ClFN2O. The van der Waals surface area contributed by atoms with Gasteiger partial charge in [0.25, 0.3) is 0 Å². The number of Topliss-reactive ketones (excluding diaryl/α,β-unsaturated/α-hetero) is 1. The van der Waals surface area contributed by atoms with E-state index >= 15 is 0 Å². The molecule has 2 heterocycles. The van der Waals surface area contributed by atoms with Crippen molar-refractivity contribution in [1.29, 1.82) is 0 Å². The number of hydrogen-bond donors (Lipinski definition) is 0. The minimum Gasteiger partial charge on any atom is -0.299 e. The van der Waals surface area contributed by atoms with Crippen molar-refractivity contribution in [3.8, 4) is 11.3 Å². The zero-order valence-corrected chi connectivity index (χ0v) is 16.8. The van der Waals surface area contributed by atoms with Crippen LogP contribution in [-0.4, -0.2) is 28.8 Å². The zero-order chi connectivity index (χ0) is 20.2. The molecule has 0 N–H and O–H groups in total. The van der Waals surface area contributed by atoms with Gasteiger partial charge >= 0.3 is 0 Å². The number of piperidine rings is 1. The molecule has 0 unspecified atom stereocenters. The van der Waals surface area contributed by atoms with Gasteiger partial charge in [-0.3, -0.25) is 14.7 Å². The summed E-state index contributed by atoms with van der Waals surface area (Å²) in [7, 11) is 0. The van der Waals surface area contributed by atoms with Gasteiger partial charge in [-0.15, -0.1) is 0 Å². The summed E-state index contributed by atoms with van der Waals surface area (Å²) < 4.78 is 13.1. The molecule has 1 aliphatic rings. The Morgan fingerprint density at radius 2 is 1.72 bits per heavy atom. The van der Waals surface area contributed by atoms with Gasteiger partial charge in [-0.25, -0.2) is 4.39 Å². The van der Waals surface area contributed by atoms with Gasteiger partial charge in [0.2, 0.25) is 0 Å². The van der Waals surface area contributed by atoms with Crippen LogP contribution in [0.5, 0.6) is 0 Å². The molecular weight excluding hydrogens is 387 g/mol. The molecule has 2 aromatic carbocycles. The second-order valence-corrected chi connectivity index (χ2v) is 7.91. The molecule has 0 spiro atoms. The molecule has 0 bridgehead atoms. The van der Waals surface area contributed by atoms with Gasteiger partial charge in [0.05, 0.1) is 5.69 Å². The first kappa shape index (κ1) is 19.7. The number of aromatic nitrogens is 1. The molecule has 1 fully saturated rings. The normalized spacial score (nSPS) is 15.4. The Balaban J connectivity index is 1.36. The molecule has 3 aromatic rings. The number of pyridine rings is 1. The van der Waals surface area contributed by atoms with E-state index in [1.54, 1.807) is 12.1 Å². The Bertz CT molecular complexity index is 981. The second-order valence-electron chi connectivity index (χ2n) is 7.48.